The predicted molar refractivity (Wildman–Crippen MR) is 91.9 cm³/mol. The van der Waals surface area contributed by atoms with Crippen LogP contribution in [-0.2, 0) is 0 Å². The summed E-state index contributed by atoms with van der Waals surface area (Å²) in [6.45, 7) is 13.4. The highest BCUT2D eigenvalue weighted by molar-refractivity contribution is 5.23. The summed E-state index contributed by atoms with van der Waals surface area (Å²) in [6, 6.07) is 0. The number of hydrogen-bond donors (Lipinski definition) is 0. The zero-order chi connectivity index (χ0) is 15.1. The molecule has 0 aliphatic heterocycles. The van der Waals surface area contributed by atoms with Crippen molar-refractivity contribution in [2.24, 2.45) is 5.92 Å². The summed E-state index contributed by atoms with van der Waals surface area (Å²) < 4.78 is 0. The fourth-order valence-corrected chi connectivity index (χ4v) is 2.81. The van der Waals surface area contributed by atoms with Crippen molar-refractivity contribution in [3.63, 3.8) is 0 Å². The molecule has 112 valence electrons. The van der Waals surface area contributed by atoms with Gasteiger partial charge in [0.15, 0.2) is 0 Å². The summed E-state index contributed by atoms with van der Waals surface area (Å²) in [4.78, 5) is 0. The topological polar surface area (TPSA) is 0 Å². The fourth-order valence-electron chi connectivity index (χ4n) is 2.81. The second-order valence-electron chi connectivity index (χ2n) is 6.70. The Kier molecular flexibility index (Phi) is 7.05. The molecule has 0 bridgehead atoms. The highest BCUT2D eigenvalue weighted by Gasteiger charge is 2.07. The molecule has 0 saturated carbocycles. The van der Waals surface area contributed by atoms with Crippen LogP contribution in [0.1, 0.15) is 73.6 Å². The zero-order valence-corrected chi connectivity index (χ0v) is 14.3. The normalized spacial score (nSPS) is 18.8. The molecule has 0 radical (unpaired) electrons. The monoisotopic (exact) mass is 272 g/mol. The Bertz CT molecular complexity index is 435. The van der Waals surface area contributed by atoms with Gasteiger partial charge in [0, 0.05) is 0 Å². The molecule has 0 fully saturated rings. The van der Waals surface area contributed by atoms with Crippen molar-refractivity contribution >= 4 is 0 Å². The lowest BCUT2D eigenvalue weighted by molar-refractivity contribution is 0.722. The molecular weight excluding hydrogens is 240 g/mol. The Morgan fingerprint density at radius 2 is 1.60 bits per heavy atom. The molecule has 0 heteroatoms. The van der Waals surface area contributed by atoms with Crippen molar-refractivity contribution in [2.75, 3.05) is 0 Å². The molecule has 2 rings (SSSR count). The molecule has 0 spiro atoms. The van der Waals surface area contributed by atoms with Gasteiger partial charge >= 0.3 is 0 Å². The summed E-state index contributed by atoms with van der Waals surface area (Å²) in [5.74, 6) is 0.741. The lowest BCUT2D eigenvalue weighted by atomic mass is 9.90. The smallest absolute Gasteiger partial charge is 0.0133 e. The molecule has 0 amide bonds. The minimum Gasteiger partial charge on any atom is -0.0842 e. The summed E-state index contributed by atoms with van der Waals surface area (Å²) in [5.41, 5.74) is 7.94. The Morgan fingerprint density at radius 3 is 2.00 bits per heavy atom. The molecule has 0 nitrogen and oxygen atoms in total. The highest BCUT2D eigenvalue weighted by atomic mass is 14.1. The first kappa shape index (κ1) is 17.0. The van der Waals surface area contributed by atoms with Crippen molar-refractivity contribution in [3.8, 4) is 0 Å². The van der Waals surface area contributed by atoms with Gasteiger partial charge in [-0.3, -0.25) is 0 Å². The summed E-state index contributed by atoms with van der Waals surface area (Å²) >= 11 is 0. The third-order valence-corrected chi connectivity index (χ3v) is 4.40. The third kappa shape index (κ3) is 5.53. The van der Waals surface area contributed by atoms with Crippen LogP contribution in [0.4, 0.5) is 0 Å². The first-order chi connectivity index (χ1) is 9.41. The van der Waals surface area contributed by atoms with Crippen LogP contribution < -0.4 is 0 Å². The molecule has 2 aliphatic carbocycles. The van der Waals surface area contributed by atoms with E-state index >= 15 is 0 Å². The number of hydrogen-bond acceptors (Lipinski definition) is 0. The van der Waals surface area contributed by atoms with E-state index in [2.05, 4.69) is 59.8 Å². The highest BCUT2D eigenvalue weighted by Crippen LogP contribution is 2.25. The molecule has 0 N–H and O–H groups in total. The number of rotatable bonds is 1. The molecule has 0 unspecified atom stereocenters. The van der Waals surface area contributed by atoms with Crippen LogP contribution >= 0.6 is 0 Å². The Hall–Kier alpha value is -1.04. The molecule has 0 saturated heterocycles. The van der Waals surface area contributed by atoms with Crippen LogP contribution in [0.3, 0.4) is 0 Å². The van der Waals surface area contributed by atoms with E-state index in [-0.39, 0.29) is 0 Å². The summed E-state index contributed by atoms with van der Waals surface area (Å²) in [5, 5.41) is 0. The Morgan fingerprint density at radius 1 is 0.950 bits per heavy atom. The molecule has 0 aromatic rings. The van der Waals surface area contributed by atoms with Crippen molar-refractivity contribution in [1.29, 1.82) is 0 Å². The van der Waals surface area contributed by atoms with E-state index < -0.39 is 0 Å². The first-order valence-electron chi connectivity index (χ1n) is 8.06. The first-order valence-corrected chi connectivity index (χ1v) is 8.06. The van der Waals surface area contributed by atoms with Crippen molar-refractivity contribution < 1.29 is 0 Å². The lowest BCUT2D eigenvalue weighted by Crippen LogP contribution is -1.99. The maximum atomic E-state index is 2.35. The van der Waals surface area contributed by atoms with Crippen LogP contribution in [-0.4, -0.2) is 0 Å². The van der Waals surface area contributed by atoms with E-state index in [0.717, 1.165) is 5.92 Å². The van der Waals surface area contributed by atoms with Gasteiger partial charge in [-0.15, -0.1) is 0 Å². The fraction of sp³-hybridized carbons (Fsp3) is 0.600. The lowest BCUT2D eigenvalue weighted by Gasteiger charge is -2.16. The van der Waals surface area contributed by atoms with Crippen molar-refractivity contribution in [2.45, 2.75) is 73.6 Å². The van der Waals surface area contributed by atoms with E-state index in [0.29, 0.717) is 0 Å². The zero-order valence-electron chi connectivity index (χ0n) is 14.3. The molecular formula is C20H32. The largest absolute Gasteiger partial charge is 0.0842 e. The van der Waals surface area contributed by atoms with E-state index in [1.165, 1.54) is 37.7 Å². The summed E-state index contributed by atoms with van der Waals surface area (Å²) in [6.07, 6.45) is 13.0. The van der Waals surface area contributed by atoms with Gasteiger partial charge in [0.25, 0.3) is 0 Å². The average Bonchev–Trinajstić information content (AvgIpc) is 2.40. The molecule has 2 aliphatic rings. The maximum absolute atomic E-state index is 2.35. The van der Waals surface area contributed by atoms with Crippen LogP contribution in [0, 0.1) is 5.92 Å². The third-order valence-electron chi connectivity index (χ3n) is 4.40. The van der Waals surface area contributed by atoms with Crippen molar-refractivity contribution in [1.82, 2.24) is 0 Å². The van der Waals surface area contributed by atoms with Gasteiger partial charge < -0.3 is 0 Å². The molecule has 0 atom stereocenters. The van der Waals surface area contributed by atoms with Crippen LogP contribution in [0.5, 0.6) is 0 Å². The number of allylic oxidation sites excluding steroid dienone is 8. The summed E-state index contributed by atoms with van der Waals surface area (Å²) in [7, 11) is 0. The van der Waals surface area contributed by atoms with E-state index in [1.54, 1.807) is 22.3 Å². The van der Waals surface area contributed by atoms with Gasteiger partial charge in [-0.2, -0.15) is 0 Å². The molecule has 0 heterocycles. The van der Waals surface area contributed by atoms with E-state index in [1.807, 2.05) is 0 Å². The van der Waals surface area contributed by atoms with Crippen molar-refractivity contribution in [3.05, 3.63) is 46.1 Å². The second-order valence-corrected chi connectivity index (χ2v) is 6.70. The molecule has 0 aromatic carbocycles. The molecule has 20 heavy (non-hydrogen) atoms. The Balaban J connectivity index is 0.000000200. The van der Waals surface area contributed by atoms with Crippen LogP contribution in [0.2, 0.25) is 0 Å². The van der Waals surface area contributed by atoms with Gasteiger partial charge in [-0.1, -0.05) is 59.9 Å². The standard InChI is InChI=1S/2C10H16/c1-8(2)10-6-4-9(3)5-7-10;1-8(2)10-7-5-4-6-9(10)3/h4H,5-7H2,1-3H3;4-5,8H,6-7H2,1-3H3. The van der Waals surface area contributed by atoms with Gasteiger partial charge in [0.2, 0.25) is 0 Å². The van der Waals surface area contributed by atoms with E-state index in [4.69, 9.17) is 0 Å². The second kappa shape index (κ2) is 8.29. The SMILES string of the molecule is CC1=C(C(C)C)CC=CC1.CC1=CCC(=C(C)C)CC1. The van der Waals surface area contributed by atoms with Crippen LogP contribution in [0.15, 0.2) is 46.1 Å². The quantitative estimate of drug-likeness (QED) is 0.462. The van der Waals surface area contributed by atoms with Gasteiger partial charge in [-0.05, 0) is 65.7 Å². The minimum atomic E-state index is 0.741. The average molecular weight is 272 g/mol. The van der Waals surface area contributed by atoms with Gasteiger partial charge in [0.1, 0.15) is 0 Å². The van der Waals surface area contributed by atoms with E-state index in [9.17, 15) is 0 Å². The minimum absolute atomic E-state index is 0.741. The van der Waals surface area contributed by atoms with Gasteiger partial charge in [-0.25, -0.2) is 0 Å². The van der Waals surface area contributed by atoms with Gasteiger partial charge in [0.05, 0.1) is 0 Å². The molecule has 0 aromatic heterocycles. The predicted octanol–water partition coefficient (Wildman–Crippen LogP) is 6.76. The Labute approximate surface area is 126 Å². The maximum Gasteiger partial charge on any atom is -0.0133 e. The van der Waals surface area contributed by atoms with Crippen LogP contribution in [0.25, 0.3) is 0 Å².